The summed E-state index contributed by atoms with van der Waals surface area (Å²) >= 11 is 0. The molecule has 166 valence electrons. The van der Waals surface area contributed by atoms with E-state index in [9.17, 15) is 18.0 Å². The number of benzene rings is 1. The van der Waals surface area contributed by atoms with E-state index >= 15 is 0 Å². The van der Waals surface area contributed by atoms with Gasteiger partial charge in [0, 0.05) is 24.8 Å². The molecular formula is C22H28N4O4S. The molecule has 3 rings (SSSR count). The number of hydrogen-bond donors (Lipinski definition) is 2. The molecule has 1 aromatic carbocycles. The van der Waals surface area contributed by atoms with Crippen molar-refractivity contribution in [1.29, 1.82) is 0 Å². The highest BCUT2D eigenvalue weighted by Crippen LogP contribution is 2.34. The van der Waals surface area contributed by atoms with Crippen LogP contribution in [-0.2, 0) is 26.0 Å². The second-order valence-corrected chi connectivity index (χ2v) is 10.00. The van der Waals surface area contributed by atoms with Crippen LogP contribution in [0.1, 0.15) is 38.8 Å². The van der Waals surface area contributed by atoms with Crippen molar-refractivity contribution in [3.8, 4) is 0 Å². The average Bonchev–Trinajstić information content (AvgIpc) is 3.02. The summed E-state index contributed by atoms with van der Waals surface area (Å²) in [5.41, 5.74) is 2.47. The first kappa shape index (κ1) is 22.9. The Labute approximate surface area is 183 Å². The lowest BCUT2D eigenvalue weighted by Crippen LogP contribution is -2.47. The van der Waals surface area contributed by atoms with Crippen LogP contribution in [0.2, 0.25) is 0 Å². The number of carbonyl (C=O) groups is 2. The first-order valence-corrected chi connectivity index (χ1v) is 11.7. The van der Waals surface area contributed by atoms with Crippen LogP contribution in [0.4, 0.5) is 11.5 Å². The number of hydrogen-bond acceptors (Lipinski definition) is 5. The molecular weight excluding hydrogens is 416 g/mol. The average molecular weight is 445 g/mol. The van der Waals surface area contributed by atoms with Crippen LogP contribution >= 0.6 is 0 Å². The zero-order valence-electron chi connectivity index (χ0n) is 18.3. The van der Waals surface area contributed by atoms with Crippen LogP contribution in [0.3, 0.4) is 0 Å². The van der Waals surface area contributed by atoms with Gasteiger partial charge in [-0.05, 0) is 61.6 Å². The van der Waals surface area contributed by atoms with Crippen molar-refractivity contribution in [3.63, 3.8) is 0 Å². The SMILES string of the molecule is CC(=O)N1c2ccc(S(=O)(=O)NC(C(=O)Nc3ccc(C)cn3)C(C)C)cc2CC1C. The predicted octanol–water partition coefficient (Wildman–Crippen LogP) is 2.63. The molecule has 0 radical (unpaired) electrons. The fraction of sp³-hybridized carbons (Fsp3) is 0.409. The van der Waals surface area contributed by atoms with Crippen molar-refractivity contribution < 1.29 is 18.0 Å². The highest BCUT2D eigenvalue weighted by Gasteiger charge is 2.32. The van der Waals surface area contributed by atoms with Crippen LogP contribution in [0.15, 0.2) is 41.4 Å². The Hall–Kier alpha value is -2.78. The molecule has 0 saturated heterocycles. The largest absolute Gasteiger partial charge is 0.309 e. The number of aryl methyl sites for hydroxylation is 1. The van der Waals surface area contributed by atoms with E-state index in [0.717, 1.165) is 16.8 Å². The van der Waals surface area contributed by atoms with Crippen LogP contribution in [0, 0.1) is 12.8 Å². The molecule has 9 heteroatoms. The molecule has 2 N–H and O–H groups in total. The highest BCUT2D eigenvalue weighted by atomic mass is 32.2. The van der Waals surface area contributed by atoms with E-state index in [2.05, 4.69) is 15.0 Å². The van der Waals surface area contributed by atoms with Crippen LogP contribution in [-0.4, -0.2) is 37.3 Å². The van der Waals surface area contributed by atoms with E-state index in [0.29, 0.717) is 12.2 Å². The molecule has 0 fully saturated rings. The van der Waals surface area contributed by atoms with E-state index in [1.807, 2.05) is 19.9 Å². The quantitative estimate of drug-likeness (QED) is 0.712. The van der Waals surface area contributed by atoms with Gasteiger partial charge in [0.05, 0.1) is 4.90 Å². The molecule has 1 aromatic heterocycles. The summed E-state index contributed by atoms with van der Waals surface area (Å²) in [4.78, 5) is 30.6. The number of amides is 2. The standard InChI is InChI=1S/C22H28N4O4S/c1-13(2)21(22(28)24-20-9-6-14(3)12-23-20)25-31(29,30)18-7-8-19-17(11-18)10-15(4)26(19)16(5)27/h6-9,11-13,15,21,25H,10H2,1-5H3,(H,23,24,28). The van der Waals surface area contributed by atoms with Crippen molar-refractivity contribution >= 4 is 33.3 Å². The molecule has 0 bridgehead atoms. The summed E-state index contributed by atoms with van der Waals surface area (Å²) in [6, 6.07) is 7.16. The van der Waals surface area contributed by atoms with Gasteiger partial charge in [-0.15, -0.1) is 0 Å². The number of anilines is 2. The van der Waals surface area contributed by atoms with Gasteiger partial charge in [-0.1, -0.05) is 19.9 Å². The lowest BCUT2D eigenvalue weighted by Gasteiger charge is -2.22. The van der Waals surface area contributed by atoms with Crippen molar-refractivity contribution in [3.05, 3.63) is 47.7 Å². The topological polar surface area (TPSA) is 108 Å². The molecule has 2 amide bonds. The molecule has 1 aliphatic rings. The maximum absolute atomic E-state index is 13.1. The molecule has 8 nitrogen and oxygen atoms in total. The van der Waals surface area contributed by atoms with E-state index in [4.69, 9.17) is 0 Å². The second-order valence-electron chi connectivity index (χ2n) is 8.29. The maximum Gasteiger partial charge on any atom is 0.243 e. The van der Waals surface area contributed by atoms with Crippen molar-refractivity contribution in [2.24, 2.45) is 5.92 Å². The number of sulfonamides is 1. The van der Waals surface area contributed by atoms with Gasteiger partial charge in [-0.25, -0.2) is 13.4 Å². The molecule has 2 atom stereocenters. The molecule has 0 saturated carbocycles. The van der Waals surface area contributed by atoms with Gasteiger partial charge in [-0.2, -0.15) is 4.72 Å². The Bertz CT molecular complexity index is 1100. The van der Waals surface area contributed by atoms with Gasteiger partial charge in [-0.3, -0.25) is 9.59 Å². The Morgan fingerprint density at radius 2 is 1.90 bits per heavy atom. The third-order valence-corrected chi connectivity index (χ3v) is 6.75. The Kier molecular flexibility index (Phi) is 6.47. The van der Waals surface area contributed by atoms with Crippen molar-refractivity contribution in [2.45, 2.75) is 58.0 Å². The maximum atomic E-state index is 13.1. The van der Waals surface area contributed by atoms with Gasteiger partial charge in [0.15, 0.2) is 0 Å². The summed E-state index contributed by atoms with van der Waals surface area (Å²) in [6.07, 6.45) is 2.20. The number of rotatable bonds is 6. The number of aromatic nitrogens is 1. The van der Waals surface area contributed by atoms with E-state index < -0.39 is 22.0 Å². The first-order valence-electron chi connectivity index (χ1n) is 10.2. The molecule has 0 spiro atoms. The second kappa shape index (κ2) is 8.76. The number of pyridine rings is 1. The zero-order chi connectivity index (χ0) is 22.9. The third-order valence-electron chi connectivity index (χ3n) is 5.31. The number of fused-ring (bicyclic) bond motifs is 1. The van der Waals surface area contributed by atoms with Crippen LogP contribution in [0.5, 0.6) is 0 Å². The monoisotopic (exact) mass is 444 g/mol. The Morgan fingerprint density at radius 1 is 1.19 bits per heavy atom. The van der Waals surface area contributed by atoms with E-state index in [-0.39, 0.29) is 22.8 Å². The van der Waals surface area contributed by atoms with Gasteiger partial charge in [0.25, 0.3) is 0 Å². The first-order chi connectivity index (χ1) is 14.5. The molecule has 2 aromatic rings. The predicted molar refractivity (Wildman–Crippen MR) is 119 cm³/mol. The van der Waals surface area contributed by atoms with E-state index in [1.54, 1.807) is 43.1 Å². The normalized spacial score (nSPS) is 16.8. The summed E-state index contributed by atoms with van der Waals surface area (Å²) in [5.74, 6) is -0.493. The third kappa shape index (κ3) is 4.94. The van der Waals surface area contributed by atoms with Crippen LogP contribution < -0.4 is 14.9 Å². The number of nitrogens with zero attached hydrogens (tertiary/aromatic N) is 2. The molecule has 0 aliphatic carbocycles. The molecule has 2 heterocycles. The smallest absolute Gasteiger partial charge is 0.243 e. The minimum Gasteiger partial charge on any atom is -0.309 e. The fourth-order valence-electron chi connectivity index (χ4n) is 3.73. The summed E-state index contributed by atoms with van der Waals surface area (Å²) in [7, 11) is -3.96. The van der Waals surface area contributed by atoms with Crippen molar-refractivity contribution in [2.75, 3.05) is 10.2 Å². The van der Waals surface area contributed by atoms with Crippen molar-refractivity contribution in [1.82, 2.24) is 9.71 Å². The Balaban J connectivity index is 1.82. The minimum absolute atomic E-state index is 0.0328. The Morgan fingerprint density at radius 3 is 2.48 bits per heavy atom. The van der Waals surface area contributed by atoms with Gasteiger partial charge in [0.2, 0.25) is 21.8 Å². The van der Waals surface area contributed by atoms with E-state index in [1.165, 1.54) is 13.0 Å². The van der Waals surface area contributed by atoms with Crippen LogP contribution in [0.25, 0.3) is 0 Å². The highest BCUT2D eigenvalue weighted by molar-refractivity contribution is 7.89. The van der Waals surface area contributed by atoms with Gasteiger partial charge >= 0.3 is 0 Å². The molecule has 2 unspecified atom stereocenters. The lowest BCUT2D eigenvalue weighted by molar-refractivity contribution is -0.119. The summed E-state index contributed by atoms with van der Waals surface area (Å²) in [6.45, 7) is 8.84. The summed E-state index contributed by atoms with van der Waals surface area (Å²) in [5, 5.41) is 2.67. The summed E-state index contributed by atoms with van der Waals surface area (Å²) < 4.78 is 28.6. The lowest BCUT2D eigenvalue weighted by atomic mass is 10.1. The van der Waals surface area contributed by atoms with Gasteiger partial charge < -0.3 is 10.2 Å². The molecule has 1 aliphatic heterocycles. The van der Waals surface area contributed by atoms with Gasteiger partial charge in [0.1, 0.15) is 11.9 Å². The zero-order valence-corrected chi connectivity index (χ0v) is 19.2. The number of carbonyl (C=O) groups excluding carboxylic acids is 2. The minimum atomic E-state index is -3.96. The fourth-order valence-corrected chi connectivity index (χ4v) is 5.12. The molecule has 31 heavy (non-hydrogen) atoms. The number of nitrogens with one attached hydrogen (secondary N) is 2.